The van der Waals surface area contributed by atoms with Crippen molar-refractivity contribution in [1.82, 2.24) is 4.90 Å². The standard InChI is InChI=1S/C16H19NO3/c1-9-15-14(16(19)20-9)13(18)8-12-11-5-3-2-4-10(11)6-7-17(12)15/h2-5,9,12-15,18H,6-8H2,1H3. The molecule has 1 aromatic carbocycles. The Morgan fingerprint density at radius 3 is 3.00 bits per heavy atom. The summed E-state index contributed by atoms with van der Waals surface area (Å²) in [7, 11) is 0. The molecule has 0 aromatic heterocycles. The Kier molecular flexibility index (Phi) is 2.66. The summed E-state index contributed by atoms with van der Waals surface area (Å²) in [6.07, 6.45) is 0.910. The largest absolute Gasteiger partial charge is 0.461 e. The maximum atomic E-state index is 11.9. The molecule has 0 bridgehead atoms. The van der Waals surface area contributed by atoms with Crippen LogP contribution in [-0.2, 0) is 16.0 Å². The number of carbonyl (C=O) groups is 1. The molecular weight excluding hydrogens is 254 g/mol. The first-order valence-corrected chi connectivity index (χ1v) is 7.39. The fourth-order valence-corrected chi connectivity index (χ4v) is 4.29. The van der Waals surface area contributed by atoms with Crippen molar-refractivity contribution in [3.8, 4) is 0 Å². The average molecular weight is 273 g/mol. The average Bonchev–Trinajstić information content (AvgIpc) is 2.75. The van der Waals surface area contributed by atoms with Gasteiger partial charge in [0.1, 0.15) is 12.0 Å². The first-order chi connectivity index (χ1) is 9.66. The number of ether oxygens (including phenoxy) is 1. The highest BCUT2D eigenvalue weighted by atomic mass is 16.6. The summed E-state index contributed by atoms with van der Waals surface area (Å²) in [5, 5.41) is 10.4. The van der Waals surface area contributed by atoms with Gasteiger partial charge in [0.05, 0.1) is 12.1 Å². The Labute approximate surface area is 118 Å². The lowest BCUT2D eigenvalue weighted by Gasteiger charge is -2.48. The van der Waals surface area contributed by atoms with Gasteiger partial charge in [0.15, 0.2) is 0 Å². The number of rotatable bonds is 0. The lowest BCUT2D eigenvalue weighted by molar-refractivity contribution is -0.147. The molecule has 0 amide bonds. The maximum Gasteiger partial charge on any atom is 0.313 e. The summed E-state index contributed by atoms with van der Waals surface area (Å²) >= 11 is 0. The smallest absolute Gasteiger partial charge is 0.313 e. The maximum absolute atomic E-state index is 11.9. The van der Waals surface area contributed by atoms with E-state index in [1.165, 1.54) is 11.1 Å². The number of benzene rings is 1. The number of aliphatic hydroxyl groups is 1. The van der Waals surface area contributed by atoms with Crippen molar-refractivity contribution in [1.29, 1.82) is 0 Å². The number of fused-ring (bicyclic) bond motifs is 5. The minimum atomic E-state index is -0.593. The molecule has 2 fully saturated rings. The van der Waals surface area contributed by atoms with Crippen LogP contribution in [0, 0.1) is 5.92 Å². The molecule has 1 N–H and O–H groups in total. The van der Waals surface area contributed by atoms with Crippen LogP contribution in [-0.4, -0.2) is 40.8 Å². The van der Waals surface area contributed by atoms with Gasteiger partial charge in [-0.25, -0.2) is 0 Å². The van der Waals surface area contributed by atoms with Crippen molar-refractivity contribution in [2.45, 2.75) is 44.1 Å². The number of hydrogen-bond donors (Lipinski definition) is 1. The molecule has 2 saturated heterocycles. The first kappa shape index (κ1) is 12.4. The monoisotopic (exact) mass is 273 g/mol. The van der Waals surface area contributed by atoms with Crippen molar-refractivity contribution in [2.75, 3.05) is 6.54 Å². The summed E-state index contributed by atoms with van der Waals surface area (Å²) in [5.74, 6) is -0.598. The van der Waals surface area contributed by atoms with Crippen molar-refractivity contribution < 1.29 is 14.6 Å². The number of cyclic esters (lactones) is 1. The molecule has 0 spiro atoms. The predicted molar refractivity (Wildman–Crippen MR) is 73.0 cm³/mol. The highest BCUT2D eigenvalue weighted by Gasteiger charge is 2.55. The normalized spacial score (nSPS) is 39.7. The molecule has 5 unspecified atom stereocenters. The van der Waals surface area contributed by atoms with Gasteiger partial charge >= 0.3 is 5.97 Å². The minimum absolute atomic E-state index is 0.0182. The van der Waals surface area contributed by atoms with E-state index in [0.717, 1.165) is 13.0 Å². The Morgan fingerprint density at radius 1 is 1.35 bits per heavy atom. The van der Waals surface area contributed by atoms with Crippen LogP contribution < -0.4 is 0 Å². The molecule has 0 radical (unpaired) electrons. The molecule has 0 saturated carbocycles. The summed E-state index contributed by atoms with van der Waals surface area (Å²) in [4.78, 5) is 14.3. The lowest BCUT2D eigenvalue weighted by Crippen LogP contribution is -2.56. The van der Waals surface area contributed by atoms with Crippen LogP contribution in [0.25, 0.3) is 0 Å². The van der Waals surface area contributed by atoms with E-state index in [1.807, 2.05) is 6.92 Å². The zero-order valence-electron chi connectivity index (χ0n) is 11.5. The van der Waals surface area contributed by atoms with Gasteiger partial charge in [-0.05, 0) is 30.9 Å². The Bertz CT molecular complexity index is 558. The second kappa shape index (κ2) is 4.30. The van der Waals surface area contributed by atoms with Crippen LogP contribution in [0.15, 0.2) is 24.3 Å². The first-order valence-electron chi connectivity index (χ1n) is 7.39. The fourth-order valence-electron chi connectivity index (χ4n) is 4.29. The number of aliphatic hydroxyl groups excluding tert-OH is 1. The van der Waals surface area contributed by atoms with Crippen molar-refractivity contribution in [2.24, 2.45) is 5.92 Å². The highest BCUT2D eigenvalue weighted by Crippen LogP contribution is 2.45. The molecule has 0 aliphatic carbocycles. The predicted octanol–water partition coefficient (Wildman–Crippen LogP) is 1.28. The molecule has 4 nitrogen and oxygen atoms in total. The van der Waals surface area contributed by atoms with E-state index in [9.17, 15) is 9.90 Å². The molecule has 4 rings (SSSR count). The molecule has 4 heteroatoms. The van der Waals surface area contributed by atoms with Crippen LogP contribution in [0.4, 0.5) is 0 Å². The van der Waals surface area contributed by atoms with Crippen molar-refractivity contribution in [3.63, 3.8) is 0 Å². The molecule has 5 atom stereocenters. The van der Waals surface area contributed by atoms with E-state index in [-0.39, 0.29) is 30.1 Å². The number of piperidine rings is 1. The quantitative estimate of drug-likeness (QED) is 0.724. The third-order valence-corrected chi connectivity index (χ3v) is 5.14. The molecule has 3 aliphatic heterocycles. The molecule has 3 aliphatic rings. The van der Waals surface area contributed by atoms with Gasteiger partial charge < -0.3 is 9.84 Å². The Morgan fingerprint density at radius 2 is 2.15 bits per heavy atom. The van der Waals surface area contributed by atoms with Crippen LogP contribution in [0.1, 0.15) is 30.5 Å². The second-order valence-corrected chi connectivity index (χ2v) is 6.16. The number of hydrogen-bond acceptors (Lipinski definition) is 4. The van der Waals surface area contributed by atoms with Crippen LogP contribution in [0.3, 0.4) is 0 Å². The molecule has 3 heterocycles. The van der Waals surface area contributed by atoms with Gasteiger partial charge in [-0.15, -0.1) is 0 Å². The zero-order valence-corrected chi connectivity index (χ0v) is 11.5. The van der Waals surface area contributed by atoms with Gasteiger partial charge in [0.25, 0.3) is 0 Å². The van der Waals surface area contributed by atoms with Crippen LogP contribution in [0.5, 0.6) is 0 Å². The van der Waals surface area contributed by atoms with Crippen LogP contribution in [0.2, 0.25) is 0 Å². The SMILES string of the molecule is CC1OC(=O)C2C(O)CC3c4ccccc4CCN3C12. The number of esters is 1. The van der Waals surface area contributed by atoms with E-state index in [2.05, 4.69) is 29.2 Å². The van der Waals surface area contributed by atoms with E-state index in [1.54, 1.807) is 0 Å². The number of carbonyl (C=O) groups excluding carboxylic acids is 1. The molecule has 1 aromatic rings. The summed E-state index contributed by atoms with van der Waals surface area (Å²) in [6, 6.07) is 8.69. The van der Waals surface area contributed by atoms with E-state index >= 15 is 0 Å². The third-order valence-electron chi connectivity index (χ3n) is 5.14. The number of nitrogens with zero attached hydrogens (tertiary/aromatic N) is 1. The zero-order chi connectivity index (χ0) is 13.9. The third kappa shape index (κ3) is 1.58. The lowest BCUT2D eigenvalue weighted by atomic mass is 9.77. The molecule has 20 heavy (non-hydrogen) atoms. The molecular formula is C16H19NO3. The Hall–Kier alpha value is -1.39. The van der Waals surface area contributed by atoms with Crippen molar-refractivity contribution >= 4 is 5.97 Å². The summed E-state index contributed by atoms with van der Waals surface area (Å²) < 4.78 is 5.37. The van der Waals surface area contributed by atoms with Gasteiger partial charge in [-0.2, -0.15) is 0 Å². The minimum Gasteiger partial charge on any atom is -0.461 e. The highest BCUT2D eigenvalue weighted by molar-refractivity contribution is 5.77. The van der Waals surface area contributed by atoms with Gasteiger partial charge in [-0.1, -0.05) is 24.3 Å². The summed E-state index contributed by atoms with van der Waals surface area (Å²) in [6.45, 7) is 2.88. The van der Waals surface area contributed by atoms with E-state index in [4.69, 9.17) is 4.74 Å². The second-order valence-electron chi connectivity index (χ2n) is 6.16. The fraction of sp³-hybridized carbons (Fsp3) is 0.562. The topological polar surface area (TPSA) is 49.8 Å². The van der Waals surface area contributed by atoms with E-state index < -0.39 is 6.10 Å². The van der Waals surface area contributed by atoms with Gasteiger partial charge in [0, 0.05) is 12.6 Å². The van der Waals surface area contributed by atoms with Crippen molar-refractivity contribution in [3.05, 3.63) is 35.4 Å². The van der Waals surface area contributed by atoms with E-state index in [0.29, 0.717) is 6.42 Å². The van der Waals surface area contributed by atoms with Gasteiger partial charge in [0.2, 0.25) is 0 Å². The van der Waals surface area contributed by atoms with Gasteiger partial charge in [-0.3, -0.25) is 9.69 Å². The molecule has 106 valence electrons. The Balaban J connectivity index is 1.76. The van der Waals surface area contributed by atoms with Crippen LogP contribution >= 0.6 is 0 Å². The summed E-state index contributed by atoms with van der Waals surface area (Å²) in [5.41, 5.74) is 2.68.